The standard InChI is InChI=1S/C22H20B4FN3O2/c23-21(24,12-22(25,26)32-14-6-4-13(27)5-7-14)29-9-8-18-16(10-29)15-2-1-3-17-20(15)30(18)11-19(31)28-17/h1-7,16,18H,8-12H2,(H,28,31)/t16-,18?/m0/s1. The molecule has 3 aliphatic heterocycles. The molecule has 8 radical (unpaired) electrons. The van der Waals surface area contributed by atoms with Crippen molar-refractivity contribution in [2.45, 2.75) is 35.5 Å². The van der Waals surface area contributed by atoms with Crippen LogP contribution in [0.25, 0.3) is 0 Å². The third kappa shape index (κ3) is 3.83. The van der Waals surface area contributed by atoms with Crippen LogP contribution < -0.4 is 15.0 Å². The number of hydrogen-bond donors (Lipinski definition) is 1. The van der Waals surface area contributed by atoms with Gasteiger partial charge in [-0.3, -0.25) is 4.79 Å². The fourth-order valence-corrected chi connectivity index (χ4v) is 5.30. The van der Waals surface area contributed by atoms with Crippen LogP contribution in [0, 0.1) is 5.82 Å². The summed E-state index contributed by atoms with van der Waals surface area (Å²) in [6.07, 6.45) is 0.745. The van der Waals surface area contributed by atoms with Crippen molar-refractivity contribution in [2.24, 2.45) is 0 Å². The Morgan fingerprint density at radius 1 is 1.12 bits per heavy atom. The van der Waals surface area contributed by atoms with Gasteiger partial charge in [0.05, 0.1) is 33.6 Å². The maximum atomic E-state index is 13.2. The molecular weight excluding hydrogens is 401 g/mol. The average molecular weight is 421 g/mol. The van der Waals surface area contributed by atoms with Gasteiger partial charge < -0.3 is 19.9 Å². The molecule has 1 fully saturated rings. The molecule has 1 N–H and O–H groups in total. The van der Waals surface area contributed by atoms with E-state index in [1.54, 1.807) is 0 Å². The number of benzene rings is 2. The van der Waals surface area contributed by atoms with Gasteiger partial charge in [-0.05, 0) is 55.3 Å². The van der Waals surface area contributed by atoms with Crippen molar-refractivity contribution in [3.8, 4) is 5.75 Å². The van der Waals surface area contributed by atoms with Gasteiger partial charge in [-0.2, -0.15) is 0 Å². The molecular formula is C22H20B4FN3O2. The Morgan fingerprint density at radius 2 is 1.88 bits per heavy atom. The maximum absolute atomic E-state index is 13.2. The van der Waals surface area contributed by atoms with Gasteiger partial charge in [0.25, 0.3) is 0 Å². The van der Waals surface area contributed by atoms with Gasteiger partial charge in [-0.15, -0.1) is 0 Å². The van der Waals surface area contributed by atoms with Crippen LogP contribution in [-0.2, 0) is 4.79 Å². The number of fused-ring (bicyclic) bond motifs is 3. The predicted molar refractivity (Wildman–Crippen MR) is 125 cm³/mol. The molecule has 0 aromatic heterocycles. The predicted octanol–water partition coefficient (Wildman–Crippen LogP) is 1.21. The van der Waals surface area contributed by atoms with Gasteiger partial charge in [-0.1, -0.05) is 17.5 Å². The van der Waals surface area contributed by atoms with Crippen molar-refractivity contribution in [1.29, 1.82) is 0 Å². The summed E-state index contributed by atoms with van der Waals surface area (Å²) in [6, 6.07) is 11.6. The van der Waals surface area contributed by atoms with Crippen LogP contribution in [0.3, 0.4) is 0 Å². The molecule has 154 valence electrons. The molecule has 0 saturated carbocycles. The van der Waals surface area contributed by atoms with E-state index in [9.17, 15) is 9.18 Å². The Kier molecular flexibility index (Phi) is 5.12. The van der Waals surface area contributed by atoms with Gasteiger partial charge in [0.2, 0.25) is 5.91 Å². The number of hydrogen-bond acceptors (Lipinski definition) is 4. The van der Waals surface area contributed by atoms with Crippen LogP contribution >= 0.6 is 0 Å². The summed E-state index contributed by atoms with van der Waals surface area (Å²) in [7, 11) is 25.4. The van der Waals surface area contributed by atoms with Crippen molar-refractivity contribution in [3.63, 3.8) is 0 Å². The number of halogens is 1. The van der Waals surface area contributed by atoms with Crippen LogP contribution in [0.5, 0.6) is 5.75 Å². The minimum atomic E-state index is -1.65. The average Bonchev–Trinajstić information content (AvgIpc) is 3.03. The highest BCUT2D eigenvalue weighted by Crippen LogP contribution is 2.50. The van der Waals surface area contributed by atoms with Gasteiger partial charge >= 0.3 is 0 Å². The fourth-order valence-electron chi connectivity index (χ4n) is 5.30. The first kappa shape index (κ1) is 21.5. The minimum Gasteiger partial charge on any atom is -0.507 e. The minimum absolute atomic E-state index is 0.00119. The smallest absolute Gasteiger partial charge is 0.243 e. The molecule has 0 aliphatic carbocycles. The zero-order valence-corrected chi connectivity index (χ0v) is 17.6. The summed E-state index contributed by atoms with van der Waals surface area (Å²) < 4.78 is 18.8. The summed E-state index contributed by atoms with van der Waals surface area (Å²) in [6.45, 7) is 1.58. The number of carbonyl (C=O) groups excluding carboxylic acids is 1. The van der Waals surface area contributed by atoms with Crippen LogP contribution in [0.2, 0.25) is 0 Å². The van der Waals surface area contributed by atoms with E-state index in [4.69, 9.17) is 36.1 Å². The lowest BCUT2D eigenvalue weighted by Gasteiger charge is -2.50. The van der Waals surface area contributed by atoms with Crippen molar-refractivity contribution in [2.75, 3.05) is 29.9 Å². The monoisotopic (exact) mass is 421 g/mol. The second kappa shape index (κ2) is 7.62. The number of nitrogens with zero attached hydrogens (tertiary/aromatic N) is 2. The summed E-state index contributed by atoms with van der Waals surface area (Å²) in [5.74, 6) is 0.0932. The molecule has 3 aliphatic rings. The number of piperidine rings is 1. The Labute approximate surface area is 192 Å². The van der Waals surface area contributed by atoms with Crippen molar-refractivity contribution in [3.05, 3.63) is 53.8 Å². The zero-order valence-electron chi connectivity index (χ0n) is 17.6. The van der Waals surface area contributed by atoms with Crippen LogP contribution in [0.4, 0.5) is 15.8 Å². The molecule has 5 nitrogen and oxygen atoms in total. The van der Waals surface area contributed by atoms with E-state index in [0.29, 0.717) is 25.4 Å². The first-order valence-corrected chi connectivity index (χ1v) is 10.7. The van der Waals surface area contributed by atoms with Gasteiger partial charge in [0.15, 0.2) is 0 Å². The lowest BCUT2D eigenvalue weighted by Crippen LogP contribution is -2.61. The van der Waals surface area contributed by atoms with Crippen LogP contribution in [0.15, 0.2) is 42.5 Å². The first-order chi connectivity index (χ1) is 15.1. The highest BCUT2D eigenvalue weighted by atomic mass is 19.1. The Balaban J connectivity index is 1.33. The summed E-state index contributed by atoms with van der Waals surface area (Å²) in [5, 5.41) is -0.0107. The molecule has 1 unspecified atom stereocenters. The number of amides is 1. The van der Waals surface area contributed by atoms with E-state index in [0.717, 1.165) is 17.8 Å². The molecule has 2 aromatic rings. The van der Waals surface area contributed by atoms with Crippen molar-refractivity contribution in [1.82, 2.24) is 4.90 Å². The lowest BCUT2D eigenvalue weighted by molar-refractivity contribution is -0.115. The highest BCUT2D eigenvalue weighted by molar-refractivity contribution is 6.44. The van der Waals surface area contributed by atoms with E-state index in [-0.39, 0.29) is 30.1 Å². The summed E-state index contributed by atoms with van der Waals surface area (Å²) >= 11 is 0. The topological polar surface area (TPSA) is 44.8 Å². The molecule has 0 bridgehead atoms. The molecule has 10 heteroatoms. The molecule has 2 aromatic carbocycles. The third-order valence-corrected chi connectivity index (χ3v) is 6.59. The molecule has 0 spiro atoms. The molecule has 1 saturated heterocycles. The number of anilines is 2. The van der Waals surface area contributed by atoms with E-state index >= 15 is 0 Å². The third-order valence-electron chi connectivity index (χ3n) is 6.59. The van der Waals surface area contributed by atoms with Gasteiger partial charge in [-0.25, -0.2) is 4.39 Å². The number of para-hydroxylation sites is 1. The zero-order chi connectivity index (χ0) is 22.7. The number of rotatable bonds is 5. The van der Waals surface area contributed by atoms with Crippen LogP contribution in [0.1, 0.15) is 24.3 Å². The Morgan fingerprint density at radius 3 is 2.62 bits per heavy atom. The van der Waals surface area contributed by atoms with Crippen LogP contribution in [-0.4, -0.2) is 78.6 Å². The molecule has 5 rings (SSSR count). The highest BCUT2D eigenvalue weighted by Gasteiger charge is 2.47. The second-order valence-corrected chi connectivity index (χ2v) is 9.01. The largest absolute Gasteiger partial charge is 0.507 e. The molecule has 1 amide bonds. The van der Waals surface area contributed by atoms with Gasteiger partial charge in [0.1, 0.15) is 27.3 Å². The van der Waals surface area contributed by atoms with E-state index in [2.05, 4.69) is 16.3 Å². The van der Waals surface area contributed by atoms with Crippen molar-refractivity contribution < 1.29 is 13.9 Å². The Hall–Kier alpha value is -2.34. The Bertz CT molecular complexity index is 1050. The number of nitrogens with one attached hydrogen (secondary N) is 1. The summed E-state index contributed by atoms with van der Waals surface area (Å²) in [5.41, 5.74) is 3.12. The maximum Gasteiger partial charge on any atom is 0.243 e. The summed E-state index contributed by atoms with van der Waals surface area (Å²) in [4.78, 5) is 16.4. The number of ether oxygens (including phenoxy) is 1. The molecule has 2 atom stereocenters. The first-order valence-electron chi connectivity index (χ1n) is 10.7. The van der Waals surface area contributed by atoms with E-state index < -0.39 is 10.7 Å². The second-order valence-electron chi connectivity index (χ2n) is 9.01. The van der Waals surface area contributed by atoms with E-state index in [1.165, 1.54) is 29.8 Å². The fraction of sp³-hybridized carbons (Fsp3) is 0.409. The lowest BCUT2D eigenvalue weighted by atomic mass is 9.48. The van der Waals surface area contributed by atoms with Crippen molar-refractivity contribution >= 4 is 48.7 Å². The number of carbonyl (C=O) groups is 1. The quantitative estimate of drug-likeness (QED) is 0.739. The number of likely N-dealkylation sites (tertiary alicyclic amines) is 1. The molecule has 3 heterocycles. The SMILES string of the molecule is [B]C([B])(CC([B])([B])N1CCC2[C@@H](C1)c1cccc3c1N2CC(=O)N3)Oc1ccc(F)cc1. The normalized spacial score (nSPS) is 22.8. The van der Waals surface area contributed by atoms with Gasteiger partial charge in [0, 0.05) is 23.9 Å². The van der Waals surface area contributed by atoms with E-state index in [1.807, 2.05) is 17.0 Å². The molecule has 32 heavy (non-hydrogen) atoms.